The molecule has 0 radical (unpaired) electrons. The maximum atomic E-state index is 12.1. The summed E-state index contributed by atoms with van der Waals surface area (Å²) >= 11 is 0. The van der Waals surface area contributed by atoms with E-state index in [-0.39, 0.29) is 12.2 Å². The summed E-state index contributed by atoms with van der Waals surface area (Å²) in [5.74, 6) is 0. The molecular weight excluding hydrogens is 314 g/mol. The van der Waals surface area contributed by atoms with Crippen LogP contribution in [-0.4, -0.2) is 75.4 Å². The molecule has 2 unspecified atom stereocenters. The van der Waals surface area contributed by atoms with Gasteiger partial charge in [0, 0.05) is 45.8 Å². The number of fused-ring (bicyclic) bond motifs is 2. The Morgan fingerprint density at radius 2 is 1.87 bits per heavy atom. The lowest BCUT2D eigenvalue weighted by Gasteiger charge is -2.42. The van der Waals surface area contributed by atoms with Gasteiger partial charge in [-0.2, -0.15) is 4.31 Å². The molecule has 2 aliphatic heterocycles. The summed E-state index contributed by atoms with van der Waals surface area (Å²) in [5.41, 5.74) is 1.01. The summed E-state index contributed by atoms with van der Waals surface area (Å²) in [7, 11) is -3.22. The molecule has 0 spiro atoms. The lowest BCUT2D eigenvalue weighted by atomic mass is 10.1. The standard InChI is InChI=1S/C16H25N3O3S/c1-23(20,21)19(11-14-5-3-2-4-6-14)8-7-18-12-15-9-17-10-16(13-18)22-15/h2-6,15-17H,7-13H2,1H3. The van der Waals surface area contributed by atoms with Crippen LogP contribution < -0.4 is 5.32 Å². The van der Waals surface area contributed by atoms with Crippen molar-refractivity contribution in [2.75, 3.05) is 45.5 Å². The van der Waals surface area contributed by atoms with Gasteiger partial charge in [0.25, 0.3) is 0 Å². The van der Waals surface area contributed by atoms with Gasteiger partial charge >= 0.3 is 0 Å². The molecule has 0 saturated carbocycles. The molecule has 0 aromatic heterocycles. The Hall–Kier alpha value is -0.990. The lowest BCUT2D eigenvalue weighted by molar-refractivity contribution is -0.103. The molecular formula is C16H25N3O3S. The topological polar surface area (TPSA) is 61.9 Å². The van der Waals surface area contributed by atoms with Gasteiger partial charge in [0.15, 0.2) is 0 Å². The Labute approximate surface area is 138 Å². The molecule has 2 saturated heterocycles. The van der Waals surface area contributed by atoms with Gasteiger partial charge in [0.1, 0.15) is 0 Å². The maximum absolute atomic E-state index is 12.1. The number of nitrogens with zero attached hydrogens (tertiary/aromatic N) is 2. The van der Waals surface area contributed by atoms with Crippen molar-refractivity contribution in [3.05, 3.63) is 35.9 Å². The Morgan fingerprint density at radius 1 is 1.22 bits per heavy atom. The molecule has 2 bridgehead atoms. The van der Waals surface area contributed by atoms with Crippen LogP contribution in [0.4, 0.5) is 0 Å². The number of nitrogens with one attached hydrogen (secondary N) is 1. The Kier molecular flexibility index (Phi) is 5.33. The number of hydrogen-bond acceptors (Lipinski definition) is 5. The largest absolute Gasteiger partial charge is 0.370 e. The average Bonchev–Trinajstić information content (AvgIpc) is 2.51. The number of ether oxygens (including phenoxy) is 1. The molecule has 2 fully saturated rings. The van der Waals surface area contributed by atoms with Gasteiger partial charge < -0.3 is 10.1 Å². The van der Waals surface area contributed by atoms with E-state index in [0.29, 0.717) is 13.1 Å². The van der Waals surface area contributed by atoms with E-state index in [0.717, 1.165) is 38.3 Å². The first-order chi connectivity index (χ1) is 11.0. The Morgan fingerprint density at radius 3 is 2.48 bits per heavy atom. The highest BCUT2D eigenvalue weighted by Gasteiger charge is 2.31. The van der Waals surface area contributed by atoms with E-state index >= 15 is 0 Å². The van der Waals surface area contributed by atoms with Gasteiger partial charge in [-0.05, 0) is 5.56 Å². The monoisotopic (exact) mass is 339 g/mol. The van der Waals surface area contributed by atoms with E-state index in [4.69, 9.17) is 4.74 Å². The first kappa shape index (κ1) is 16.9. The Balaban J connectivity index is 1.58. The first-order valence-corrected chi connectivity index (χ1v) is 9.93. The van der Waals surface area contributed by atoms with E-state index in [1.54, 1.807) is 4.31 Å². The predicted molar refractivity (Wildman–Crippen MR) is 89.7 cm³/mol. The third-order valence-electron chi connectivity index (χ3n) is 4.39. The second-order valence-corrected chi connectivity index (χ2v) is 8.36. The third-order valence-corrected chi connectivity index (χ3v) is 5.64. The molecule has 7 heteroatoms. The molecule has 1 aromatic carbocycles. The van der Waals surface area contributed by atoms with Crippen molar-refractivity contribution in [1.29, 1.82) is 0 Å². The van der Waals surface area contributed by atoms with Crippen LogP contribution in [0.25, 0.3) is 0 Å². The highest BCUT2D eigenvalue weighted by atomic mass is 32.2. The second kappa shape index (κ2) is 7.27. The average molecular weight is 339 g/mol. The third kappa shape index (κ3) is 4.74. The first-order valence-electron chi connectivity index (χ1n) is 8.08. The fraction of sp³-hybridized carbons (Fsp3) is 0.625. The van der Waals surface area contributed by atoms with Crippen molar-refractivity contribution in [3.8, 4) is 0 Å². The zero-order valence-electron chi connectivity index (χ0n) is 13.5. The normalized spacial score (nSPS) is 25.7. The van der Waals surface area contributed by atoms with Crippen LogP contribution in [0, 0.1) is 0 Å². The van der Waals surface area contributed by atoms with E-state index in [2.05, 4.69) is 10.2 Å². The van der Waals surface area contributed by atoms with Gasteiger partial charge in [-0.3, -0.25) is 4.90 Å². The summed E-state index contributed by atoms with van der Waals surface area (Å²) in [6, 6.07) is 9.73. The molecule has 2 atom stereocenters. The molecule has 2 heterocycles. The summed E-state index contributed by atoms with van der Waals surface area (Å²) in [6.07, 6.45) is 1.74. The number of hydrogen-bond donors (Lipinski definition) is 1. The van der Waals surface area contributed by atoms with E-state index in [1.165, 1.54) is 6.26 Å². The zero-order valence-corrected chi connectivity index (χ0v) is 14.3. The summed E-state index contributed by atoms with van der Waals surface area (Å²) in [4.78, 5) is 2.32. The molecule has 1 aromatic rings. The SMILES string of the molecule is CS(=O)(=O)N(CCN1CC2CNCC(C1)O2)Cc1ccccc1. The summed E-state index contributed by atoms with van der Waals surface area (Å²) < 4.78 is 31.6. The lowest BCUT2D eigenvalue weighted by Crippen LogP contribution is -2.59. The molecule has 0 aliphatic carbocycles. The quantitative estimate of drug-likeness (QED) is 0.798. The Bertz CT molecular complexity index is 596. The second-order valence-electron chi connectivity index (χ2n) is 6.38. The molecule has 23 heavy (non-hydrogen) atoms. The molecule has 1 N–H and O–H groups in total. The number of morpholine rings is 2. The van der Waals surface area contributed by atoms with Crippen LogP contribution >= 0.6 is 0 Å². The highest BCUT2D eigenvalue weighted by Crippen LogP contribution is 2.15. The fourth-order valence-electron chi connectivity index (χ4n) is 3.22. The van der Waals surface area contributed by atoms with Crippen LogP contribution in [0.1, 0.15) is 5.56 Å². The zero-order chi connectivity index (χ0) is 16.3. The minimum atomic E-state index is -3.22. The molecule has 0 amide bonds. The van der Waals surface area contributed by atoms with E-state index in [1.807, 2.05) is 30.3 Å². The molecule has 2 aliphatic rings. The van der Waals surface area contributed by atoms with Crippen LogP contribution in [0.2, 0.25) is 0 Å². The number of rotatable bonds is 6. The van der Waals surface area contributed by atoms with E-state index in [9.17, 15) is 8.42 Å². The van der Waals surface area contributed by atoms with Crippen molar-refractivity contribution in [1.82, 2.24) is 14.5 Å². The fourth-order valence-corrected chi connectivity index (χ4v) is 4.02. The van der Waals surface area contributed by atoms with Crippen LogP contribution in [0.15, 0.2) is 30.3 Å². The van der Waals surface area contributed by atoms with Crippen LogP contribution in [0.5, 0.6) is 0 Å². The van der Waals surface area contributed by atoms with Crippen molar-refractivity contribution in [2.24, 2.45) is 0 Å². The van der Waals surface area contributed by atoms with E-state index < -0.39 is 10.0 Å². The summed E-state index contributed by atoms with van der Waals surface area (Å²) in [6.45, 7) is 5.19. The molecule has 3 rings (SSSR count). The number of benzene rings is 1. The van der Waals surface area contributed by atoms with Gasteiger partial charge in [0.05, 0.1) is 18.5 Å². The smallest absolute Gasteiger partial charge is 0.211 e. The van der Waals surface area contributed by atoms with Gasteiger partial charge in [-0.25, -0.2) is 8.42 Å². The van der Waals surface area contributed by atoms with Gasteiger partial charge in [-0.15, -0.1) is 0 Å². The van der Waals surface area contributed by atoms with Crippen LogP contribution in [-0.2, 0) is 21.3 Å². The molecule has 128 valence electrons. The van der Waals surface area contributed by atoms with Crippen LogP contribution in [0.3, 0.4) is 0 Å². The predicted octanol–water partition coefficient (Wildman–Crippen LogP) is 0.121. The minimum Gasteiger partial charge on any atom is -0.370 e. The van der Waals surface area contributed by atoms with Crippen molar-refractivity contribution < 1.29 is 13.2 Å². The van der Waals surface area contributed by atoms with Crippen molar-refractivity contribution >= 4 is 10.0 Å². The van der Waals surface area contributed by atoms with Gasteiger partial charge in [-0.1, -0.05) is 30.3 Å². The number of sulfonamides is 1. The minimum absolute atomic E-state index is 0.225. The highest BCUT2D eigenvalue weighted by molar-refractivity contribution is 7.88. The van der Waals surface area contributed by atoms with Crippen molar-refractivity contribution in [3.63, 3.8) is 0 Å². The maximum Gasteiger partial charge on any atom is 0.211 e. The summed E-state index contributed by atoms with van der Waals surface area (Å²) in [5, 5.41) is 3.37. The van der Waals surface area contributed by atoms with Crippen molar-refractivity contribution in [2.45, 2.75) is 18.8 Å². The molecule has 6 nitrogen and oxygen atoms in total. The van der Waals surface area contributed by atoms with Gasteiger partial charge in [0.2, 0.25) is 10.0 Å².